The number of ether oxygens (including phenoxy) is 2. The molecule has 0 bridgehead atoms. The topological polar surface area (TPSA) is 67.8 Å². The molecule has 0 saturated heterocycles. The maximum absolute atomic E-state index is 11.9. The van der Waals surface area contributed by atoms with Crippen LogP contribution in [0, 0.1) is 0 Å². The van der Waals surface area contributed by atoms with Crippen molar-refractivity contribution in [2.75, 3.05) is 18.5 Å². The van der Waals surface area contributed by atoms with Crippen LogP contribution >= 0.6 is 0 Å². The summed E-state index contributed by atoms with van der Waals surface area (Å²) in [5.74, 6) is 0.972. The van der Waals surface area contributed by atoms with E-state index in [2.05, 4.69) is 12.2 Å². The van der Waals surface area contributed by atoms with Crippen molar-refractivity contribution in [3.8, 4) is 17.2 Å². The summed E-state index contributed by atoms with van der Waals surface area (Å²) in [4.78, 5) is 11.9. The molecule has 0 heterocycles. The van der Waals surface area contributed by atoms with Crippen molar-refractivity contribution in [3.63, 3.8) is 0 Å². The molecule has 5 nitrogen and oxygen atoms in total. The Morgan fingerprint density at radius 2 is 1.79 bits per heavy atom. The zero-order chi connectivity index (χ0) is 17.2. The third-order valence-electron chi connectivity index (χ3n) is 3.37. The number of phenols is 1. The van der Waals surface area contributed by atoms with Gasteiger partial charge in [0.25, 0.3) is 5.91 Å². The Balaban J connectivity index is 1.81. The number of carbonyl (C=O) groups is 1. The fourth-order valence-corrected chi connectivity index (χ4v) is 2.11. The van der Waals surface area contributed by atoms with Crippen molar-refractivity contribution in [1.29, 1.82) is 0 Å². The summed E-state index contributed by atoms with van der Waals surface area (Å²) in [6.45, 7) is 2.67. The van der Waals surface area contributed by atoms with E-state index in [4.69, 9.17) is 9.47 Å². The van der Waals surface area contributed by atoms with E-state index < -0.39 is 0 Å². The summed E-state index contributed by atoms with van der Waals surface area (Å²) >= 11 is 0. The van der Waals surface area contributed by atoms with Crippen molar-refractivity contribution < 1.29 is 19.4 Å². The van der Waals surface area contributed by atoms with Gasteiger partial charge in [-0.05, 0) is 30.7 Å². The molecule has 128 valence electrons. The maximum atomic E-state index is 11.9. The first-order chi connectivity index (χ1) is 11.7. The Morgan fingerprint density at radius 1 is 1.04 bits per heavy atom. The standard InChI is InChI=1S/C19H23NO4/c1-2-3-6-12-23-15-8-7-9-16(13-15)24-14-19(22)20-17-10-4-5-11-18(17)21/h4-5,7-11,13,21H,2-3,6,12,14H2,1H3,(H,20,22). The molecular formula is C19H23NO4. The summed E-state index contributed by atoms with van der Waals surface area (Å²) in [5.41, 5.74) is 0.360. The second-order valence-electron chi connectivity index (χ2n) is 5.38. The van der Waals surface area contributed by atoms with E-state index in [1.165, 1.54) is 6.07 Å². The average Bonchev–Trinajstić information content (AvgIpc) is 2.59. The van der Waals surface area contributed by atoms with E-state index in [0.717, 1.165) is 25.0 Å². The van der Waals surface area contributed by atoms with Gasteiger partial charge in [-0.15, -0.1) is 0 Å². The summed E-state index contributed by atoms with van der Waals surface area (Å²) < 4.78 is 11.1. The van der Waals surface area contributed by atoms with Crippen LogP contribution in [-0.2, 0) is 4.79 Å². The molecular weight excluding hydrogens is 306 g/mol. The van der Waals surface area contributed by atoms with E-state index in [0.29, 0.717) is 18.0 Å². The molecule has 0 fully saturated rings. The summed E-state index contributed by atoms with van der Waals surface area (Å²) in [7, 11) is 0. The molecule has 0 unspecified atom stereocenters. The van der Waals surface area contributed by atoms with E-state index in [9.17, 15) is 9.90 Å². The third kappa shape index (κ3) is 5.83. The highest BCUT2D eigenvalue weighted by molar-refractivity contribution is 5.93. The lowest BCUT2D eigenvalue weighted by atomic mass is 10.3. The molecule has 0 radical (unpaired) electrons. The zero-order valence-corrected chi connectivity index (χ0v) is 13.8. The number of unbranched alkanes of at least 4 members (excludes halogenated alkanes) is 2. The summed E-state index contributed by atoms with van der Waals surface area (Å²) in [6.07, 6.45) is 3.31. The van der Waals surface area contributed by atoms with Crippen molar-refractivity contribution in [1.82, 2.24) is 0 Å². The highest BCUT2D eigenvalue weighted by atomic mass is 16.5. The Morgan fingerprint density at radius 3 is 2.54 bits per heavy atom. The van der Waals surface area contributed by atoms with Crippen LogP contribution in [0.1, 0.15) is 26.2 Å². The van der Waals surface area contributed by atoms with Crippen molar-refractivity contribution in [2.24, 2.45) is 0 Å². The van der Waals surface area contributed by atoms with Crippen LogP contribution < -0.4 is 14.8 Å². The predicted octanol–water partition coefficient (Wildman–Crippen LogP) is 3.98. The molecule has 0 aromatic heterocycles. The van der Waals surface area contributed by atoms with E-state index in [-0.39, 0.29) is 18.3 Å². The second-order valence-corrected chi connectivity index (χ2v) is 5.38. The van der Waals surface area contributed by atoms with Crippen molar-refractivity contribution >= 4 is 11.6 Å². The Labute approximate surface area is 142 Å². The Bertz CT molecular complexity index is 657. The number of hydrogen-bond donors (Lipinski definition) is 2. The predicted molar refractivity (Wildman–Crippen MR) is 93.7 cm³/mol. The van der Waals surface area contributed by atoms with Crippen LogP contribution in [0.3, 0.4) is 0 Å². The number of hydrogen-bond acceptors (Lipinski definition) is 4. The number of benzene rings is 2. The molecule has 2 aromatic carbocycles. The van der Waals surface area contributed by atoms with Gasteiger partial charge in [-0.3, -0.25) is 4.79 Å². The van der Waals surface area contributed by atoms with E-state index in [1.807, 2.05) is 12.1 Å². The molecule has 2 aromatic rings. The minimum atomic E-state index is -0.342. The van der Waals surface area contributed by atoms with Crippen LogP contribution in [0.25, 0.3) is 0 Å². The normalized spacial score (nSPS) is 10.2. The van der Waals surface area contributed by atoms with Crippen LogP contribution in [-0.4, -0.2) is 24.2 Å². The number of amides is 1. The highest BCUT2D eigenvalue weighted by Gasteiger charge is 2.07. The minimum absolute atomic E-state index is 0.0216. The molecule has 0 aliphatic carbocycles. The number of rotatable bonds is 9. The molecule has 2 rings (SSSR count). The molecule has 1 amide bonds. The van der Waals surface area contributed by atoms with Gasteiger partial charge in [-0.1, -0.05) is 38.0 Å². The zero-order valence-electron chi connectivity index (χ0n) is 13.8. The first-order valence-electron chi connectivity index (χ1n) is 8.12. The molecule has 0 spiro atoms. The average molecular weight is 329 g/mol. The van der Waals surface area contributed by atoms with Crippen molar-refractivity contribution in [3.05, 3.63) is 48.5 Å². The second kappa shape index (κ2) is 9.45. The lowest BCUT2D eigenvalue weighted by Crippen LogP contribution is -2.20. The monoisotopic (exact) mass is 329 g/mol. The van der Waals surface area contributed by atoms with Crippen LogP contribution in [0.4, 0.5) is 5.69 Å². The van der Waals surface area contributed by atoms with Gasteiger partial charge in [-0.25, -0.2) is 0 Å². The van der Waals surface area contributed by atoms with E-state index in [1.54, 1.807) is 30.3 Å². The number of aromatic hydroxyl groups is 1. The van der Waals surface area contributed by atoms with Crippen molar-refractivity contribution in [2.45, 2.75) is 26.2 Å². The molecule has 0 aliphatic rings. The van der Waals surface area contributed by atoms with Gasteiger partial charge >= 0.3 is 0 Å². The van der Waals surface area contributed by atoms with Gasteiger partial charge < -0.3 is 19.9 Å². The number of nitrogens with one attached hydrogen (secondary N) is 1. The fraction of sp³-hybridized carbons (Fsp3) is 0.316. The first kappa shape index (κ1) is 17.7. The van der Waals surface area contributed by atoms with Crippen LogP contribution in [0.15, 0.2) is 48.5 Å². The van der Waals surface area contributed by atoms with Gasteiger partial charge in [-0.2, -0.15) is 0 Å². The number of anilines is 1. The molecule has 2 N–H and O–H groups in total. The fourth-order valence-electron chi connectivity index (χ4n) is 2.11. The Kier molecular flexibility index (Phi) is 6.95. The SMILES string of the molecule is CCCCCOc1cccc(OCC(=O)Nc2ccccc2O)c1. The highest BCUT2D eigenvalue weighted by Crippen LogP contribution is 2.22. The molecule has 0 saturated carbocycles. The lowest BCUT2D eigenvalue weighted by molar-refractivity contribution is -0.118. The van der Waals surface area contributed by atoms with Gasteiger partial charge in [0.1, 0.15) is 17.2 Å². The third-order valence-corrected chi connectivity index (χ3v) is 3.37. The minimum Gasteiger partial charge on any atom is -0.506 e. The summed E-state index contributed by atoms with van der Waals surface area (Å²) in [5, 5.41) is 12.2. The van der Waals surface area contributed by atoms with Crippen LogP contribution in [0.2, 0.25) is 0 Å². The largest absolute Gasteiger partial charge is 0.506 e. The van der Waals surface area contributed by atoms with E-state index >= 15 is 0 Å². The quantitative estimate of drug-likeness (QED) is 0.539. The van der Waals surface area contributed by atoms with Gasteiger partial charge in [0.05, 0.1) is 12.3 Å². The molecule has 0 atom stereocenters. The van der Waals surface area contributed by atoms with Crippen LogP contribution in [0.5, 0.6) is 17.2 Å². The molecule has 5 heteroatoms. The van der Waals surface area contributed by atoms with Gasteiger partial charge in [0.2, 0.25) is 0 Å². The first-order valence-corrected chi connectivity index (χ1v) is 8.12. The number of phenolic OH excluding ortho intramolecular Hbond substituents is 1. The number of para-hydroxylation sites is 2. The van der Waals surface area contributed by atoms with Gasteiger partial charge in [0.15, 0.2) is 6.61 Å². The lowest BCUT2D eigenvalue weighted by Gasteiger charge is -2.10. The van der Waals surface area contributed by atoms with Gasteiger partial charge in [0, 0.05) is 6.07 Å². The molecule has 0 aliphatic heterocycles. The smallest absolute Gasteiger partial charge is 0.262 e. The summed E-state index contributed by atoms with van der Waals surface area (Å²) in [6, 6.07) is 13.8. The maximum Gasteiger partial charge on any atom is 0.262 e. The molecule has 24 heavy (non-hydrogen) atoms. The Hall–Kier alpha value is -2.69. The number of carbonyl (C=O) groups excluding carboxylic acids is 1.